The van der Waals surface area contributed by atoms with E-state index in [4.69, 9.17) is 4.74 Å². The number of pyridine rings is 1. The van der Waals surface area contributed by atoms with E-state index in [2.05, 4.69) is 4.98 Å². The highest BCUT2D eigenvalue weighted by molar-refractivity contribution is 5.66. The lowest BCUT2D eigenvalue weighted by atomic mass is 10.1. The number of aromatic nitrogens is 1. The predicted molar refractivity (Wildman–Crippen MR) is 65.4 cm³/mol. The van der Waals surface area contributed by atoms with Crippen LogP contribution in [0.4, 0.5) is 4.39 Å². The summed E-state index contributed by atoms with van der Waals surface area (Å²) >= 11 is 0. The zero-order valence-electron chi connectivity index (χ0n) is 9.69. The van der Waals surface area contributed by atoms with Crippen molar-refractivity contribution < 1.29 is 9.13 Å². The van der Waals surface area contributed by atoms with Crippen molar-refractivity contribution in [1.29, 1.82) is 0 Å². The van der Waals surface area contributed by atoms with Crippen molar-refractivity contribution in [3.8, 4) is 17.0 Å². The standard InChI is InChI=1S/C14H14FNO/c1-2-9-17-14-10-11(15)6-7-12(14)13-5-3-4-8-16-13/h3-8,10H,2,9H2,1H3. The molecule has 1 aromatic carbocycles. The van der Waals surface area contributed by atoms with Crippen molar-refractivity contribution in [3.63, 3.8) is 0 Å². The van der Waals surface area contributed by atoms with Crippen molar-refractivity contribution >= 4 is 0 Å². The molecule has 0 aliphatic carbocycles. The Bertz CT molecular complexity index is 485. The highest BCUT2D eigenvalue weighted by Crippen LogP contribution is 2.29. The number of nitrogens with zero attached hydrogens (tertiary/aromatic N) is 1. The molecule has 0 saturated heterocycles. The Labute approximate surface area is 100 Å². The molecule has 0 unspecified atom stereocenters. The van der Waals surface area contributed by atoms with Gasteiger partial charge in [0.1, 0.15) is 11.6 Å². The van der Waals surface area contributed by atoms with Crippen LogP contribution in [0.15, 0.2) is 42.6 Å². The molecule has 0 atom stereocenters. The van der Waals surface area contributed by atoms with Crippen molar-refractivity contribution in [2.45, 2.75) is 13.3 Å². The van der Waals surface area contributed by atoms with Crippen LogP contribution in [0.3, 0.4) is 0 Å². The van der Waals surface area contributed by atoms with Crippen LogP contribution < -0.4 is 4.74 Å². The van der Waals surface area contributed by atoms with E-state index in [1.165, 1.54) is 12.1 Å². The molecule has 1 aromatic heterocycles. The molecule has 0 fully saturated rings. The van der Waals surface area contributed by atoms with Crippen molar-refractivity contribution in [2.75, 3.05) is 6.61 Å². The molecule has 0 bridgehead atoms. The van der Waals surface area contributed by atoms with Gasteiger partial charge in [0.25, 0.3) is 0 Å². The summed E-state index contributed by atoms with van der Waals surface area (Å²) in [7, 11) is 0. The maximum Gasteiger partial charge on any atom is 0.131 e. The summed E-state index contributed by atoms with van der Waals surface area (Å²) in [6, 6.07) is 10.1. The number of benzene rings is 1. The van der Waals surface area contributed by atoms with E-state index in [0.717, 1.165) is 17.7 Å². The van der Waals surface area contributed by atoms with Crippen LogP contribution in [-0.2, 0) is 0 Å². The maximum absolute atomic E-state index is 13.2. The molecular formula is C14H14FNO. The molecule has 2 nitrogen and oxygen atoms in total. The van der Waals surface area contributed by atoms with Gasteiger partial charge in [0.05, 0.1) is 12.3 Å². The lowest BCUT2D eigenvalue weighted by Crippen LogP contribution is -1.98. The van der Waals surface area contributed by atoms with Gasteiger partial charge in [0, 0.05) is 17.8 Å². The smallest absolute Gasteiger partial charge is 0.131 e. The molecule has 0 saturated carbocycles. The first-order chi connectivity index (χ1) is 8.31. The Hall–Kier alpha value is -1.90. The highest BCUT2D eigenvalue weighted by Gasteiger charge is 2.08. The van der Waals surface area contributed by atoms with E-state index in [1.807, 2.05) is 25.1 Å². The van der Waals surface area contributed by atoms with Gasteiger partial charge in [0.2, 0.25) is 0 Å². The molecule has 1 heterocycles. The summed E-state index contributed by atoms with van der Waals surface area (Å²) < 4.78 is 18.7. The van der Waals surface area contributed by atoms with E-state index in [1.54, 1.807) is 12.3 Å². The summed E-state index contributed by atoms with van der Waals surface area (Å²) in [4.78, 5) is 4.24. The molecule has 17 heavy (non-hydrogen) atoms. The van der Waals surface area contributed by atoms with Gasteiger partial charge >= 0.3 is 0 Å². The highest BCUT2D eigenvalue weighted by atomic mass is 19.1. The molecule has 0 amide bonds. The van der Waals surface area contributed by atoms with Gasteiger partial charge in [0.15, 0.2) is 0 Å². The monoisotopic (exact) mass is 231 g/mol. The molecular weight excluding hydrogens is 217 g/mol. The van der Waals surface area contributed by atoms with Gasteiger partial charge in [-0.15, -0.1) is 0 Å². The predicted octanol–water partition coefficient (Wildman–Crippen LogP) is 3.68. The van der Waals surface area contributed by atoms with Crippen LogP contribution in [0.5, 0.6) is 5.75 Å². The minimum atomic E-state index is -0.296. The van der Waals surface area contributed by atoms with Gasteiger partial charge in [-0.1, -0.05) is 13.0 Å². The second-order valence-corrected chi connectivity index (χ2v) is 3.70. The number of rotatable bonds is 4. The van der Waals surface area contributed by atoms with Gasteiger partial charge in [-0.05, 0) is 30.7 Å². The van der Waals surface area contributed by atoms with E-state index in [-0.39, 0.29) is 5.82 Å². The lowest BCUT2D eigenvalue weighted by molar-refractivity contribution is 0.317. The minimum Gasteiger partial charge on any atom is -0.493 e. The Balaban J connectivity index is 2.39. The third-order valence-electron chi connectivity index (χ3n) is 2.35. The first kappa shape index (κ1) is 11.6. The number of ether oxygens (including phenoxy) is 1. The molecule has 88 valence electrons. The molecule has 0 N–H and O–H groups in total. The Kier molecular flexibility index (Phi) is 3.70. The zero-order valence-corrected chi connectivity index (χ0v) is 9.69. The Morgan fingerprint density at radius 1 is 1.24 bits per heavy atom. The topological polar surface area (TPSA) is 22.1 Å². The maximum atomic E-state index is 13.2. The Morgan fingerprint density at radius 2 is 2.12 bits per heavy atom. The van der Waals surface area contributed by atoms with E-state index in [0.29, 0.717) is 12.4 Å². The molecule has 0 radical (unpaired) electrons. The van der Waals surface area contributed by atoms with Crippen LogP contribution in [-0.4, -0.2) is 11.6 Å². The summed E-state index contributed by atoms with van der Waals surface area (Å²) in [6.07, 6.45) is 2.60. The normalized spacial score (nSPS) is 10.2. The fourth-order valence-corrected chi connectivity index (χ4v) is 1.56. The number of halogens is 1. The molecule has 2 aromatic rings. The molecule has 2 rings (SSSR count). The number of hydrogen-bond acceptors (Lipinski definition) is 2. The summed E-state index contributed by atoms with van der Waals surface area (Å²) in [6.45, 7) is 2.59. The first-order valence-electron chi connectivity index (χ1n) is 5.65. The van der Waals surface area contributed by atoms with Crippen LogP contribution in [0.25, 0.3) is 11.3 Å². The van der Waals surface area contributed by atoms with E-state index in [9.17, 15) is 4.39 Å². The summed E-state index contributed by atoms with van der Waals surface area (Å²) in [5, 5.41) is 0. The lowest BCUT2D eigenvalue weighted by Gasteiger charge is -2.10. The Morgan fingerprint density at radius 3 is 2.82 bits per heavy atom. The minimum absolute atomic E-state index is 0.296. The zero-order chi connectivity index (χ0) is 12.1. The van der Waals surface area contributed by atoms with E-state index < -0.39 is 0 Å². The van der Waals surface area contributed by atoms with Crippen molar-refractivity contribution in [2.24, 2.45) is 0 Å². The third kappa shape index (κ3) is 2.81. The molecule has 0 aliphatic rings. The average molecular weight is 231 g/mol. The first-order valence-corrected chi connectivity index (χ1v) is 5.65. The summed E-state index contributed by atoms with van der Waals surface area (Å²) in [5.41, 5.74) is 1.61. The summed E-state index contributed by atoms with van der Waals surface area (Å²) in [5.74, 6) is 0.251. The molecule has 0 spiro atoms. The van der Waals surface area contributed by atoms with Gasteiger partial charge < -0.3 is 4.74 Å². The quantitative estimate of drug-likeness (QED) is 0.800. The fraction of sp³-hybridized carbons (Fsp3) is 0.214. The number of hydrogen-bond donors (Lipinski definition) is 0. The van der Waals surface area contributed by atoms with Crippen LogP contribution in [0.2, 0.25) is 0 Å². The van der Waals surface area contributed by atoms with Crippen LogP contribution >= 0.6 is 0 Å². The van der Waals surface area contributed by atoms with Crippen molar-refractivity contribution in [1.82, 2.24) is 4.98 Å². The van der Waals surface area contributed by atoms with Gasteiger partial charge in [-0.2, -0.15) is 0 Å². The van der Waals surface area contributed by atoms with Crippen molar-refractivity contribution in [3.05, 3.63) is 48.4 Å². The fourth-order valence-electron chi connectivity index (χ4n) is 1.56. The largest absolute Gasteiger partial charge is 0.493 e. The third-order valence-corrected chi connectivity index (χ3v) is 2.35. The SMILES string of the molecule is CCCOc1cc(F)ccc1-c1ccccn1. The average Bonchev–Trinajstić information content (AvgIpc) is 2.37. The second-order valence-electron chi connectivity index (χ2n) is 3.70. The van der Waals surface area contributed by atoms with Gasteiger partial charge in [-0.25, -0.2) is 4.39 Å². The second kappa shape index (κ2) is 5.43. The van der Waals surface area contributed by atoms with Crippen LogP contribution in [0, 0.1) is 5.82 Å². The molecule has 0 aliphatic heterocycles. The van der Waals surface area contributed by atoms with E-state index >= 15 is 0 Å². The van der Waals surface area contributed by atoms with Gasteiger partial charge in [-0.3, -0.25) is 4.98 Å². The molecule has 3 heteroatoms. The van der Waals surface area contributed by atoms with Crippen LogP contribution in [0.1, 0.15) is 13.3 Å².